The molecule has 0 saturated carbocycles. The normalized spacial score (nSPS) is 22.1. The second-order valence-electron chi connectivity index (χ2n) is 3.64. The number of piperazine rings is 1. The Balaban J connectivity index is 2.79. The van der Waals surface area contributed by atoms with E-state index in [0.717, 1.165) is 0 Å². The molecule has 1 aliphatic rings. The maximum absolute atomic E-state index is 11.5. The Hall–Kier alpha value is -1.26. The van der Waals surface area contributed by atoms with Crippen molar-refractivity contribution in [2.24, 2.45) is 5.92 Å². The van der Waals surface area contributed by atoms with Gasteiger partial charge in [0, 0.05) is 13.1 Å². The van der Waals surface area contributed by atoms with E-state index in [4.69, 9.17) is 0 Å². The molecule has 0 aliphatic carbocycles. The molecule has 0 aromatic heterocycles. The predicted molar refractivity (Wildman–Crippen MR) is 50.7 cm³/mol. The van der Waals surface area contributed by atoms with Crippen LogP contribution in [0, 0.1) is 5.92 Å². The van der Waals surface area contributed by atoms with Crippen LogP contribution in [0.2, 0.25) is 0 Å². The molecular weight excluding hydrogens is 184 g/mol. The molecule has 1 N–H and O–H groups in total. The van der Waals surface area contributed by atoms with Gasteiger partial charge in [0.15, 0.2) is 0 Å². The fraction of sp³-hybridized carbons (Fsp3) is 0.778. The Morgan fingerprint density at radius 2 is 2.29 bits per heavy atom. The summed E-state index contributed by atoms with van der Waals surface area (Å²) in [7, 11) is 1.33. The van der Waals surface area contributed by atoms with Gasteiger partial charge in [0.2, 0.25) is 5.91 Å². The smallest absolute Gasteiger partial charge is 0.410 e. The fourth-order valence-corrected chi connectivity index (χ4v) is 1.67. The van der Waals surface area contributed by atoms with Gasteiger partial charge >= 0.3 is 6.09 Å². The summed E-state index contributed by atoms with van der Waals surface area (Å²) in [6.45, 7) is 4.83. The number of nitrogens with one attached hydrogen (secondary N) is 1. The molecule has 5 nitrogen and oxygen atoms in total. The summed E-state index contributed by atoms with van der Waals surface area (Å²) in [5, 5.41) is 2.73. The first-order chi connectivity index (χ1) is 6.57. The standard InChI is InChI=1S/C9H16N2O3/c1-6(2)7-8(12)10-4-5-11(7)9(13)14-3/h6-7H,4-5H2,1-3H3,(H,10,12). The van der Waals surface area contributed by atoms with Gasteiger partial charge in [-0.3, -0.25) is 9.69 Å². The lowest BCUT2D eigenvalue weighted by Gasteiger charge is -2.35. The molecule has 0 aromatic carbocycles. The summed E-state index contributed by atoms with van der Waals surface area (Å²) in [5.41, 5.74) is 0. The van der Waals surface area contributed by atoms with Crippen molar-refractivity contribution in [3.8, 4) is 0 Å². The van der Waals surface area contributed by atoms with Gasteiger partial charge in [-0.2, -0.15) is 0 Å². The van der Waals surface area contributed by atoms with E-state index in [1.807, 2.05) is 13.8 Å². The van der Waals surface area contributed by atoms with Gasteiger partial charge in [0.25, 0.3) is 0 Å². The van der Waals surface area contributed by atoms with E-state index >= 15 is 0 Å². The molecule has 80 valence electrons. The maximum atomic E-state index is 11.5. The molecule has 2 amide bonds. The number of hydrogen-bond acceptors (Lipinski definition) is 3. The van der Waals surface area contributed by atoms with Crippen LogP contribution in [-0.2, 0) is 9.53 Å². The lowest BCUT2D eigenvalue weighted by Crippen LogP contribution is -2.59. The number of rotatable bonds is 1. The van der Waals surface area contributed by atoms with Crippen LogP contribution in [0.1, 0.15) is 13.8 Å². The van der Waals surface area contributed by atoms with E-state index in [2.05, 4.69) is 10.1 Å². The minimum Gasteiger partial charge on any atom is -0.453 e. The quantitative estimate of drug-likeness (QED) is 0.658. The van der Waals surface area contributed by atoms with E-state index in [1.165, 1.54) is 12.0 Å². The zero-order valence-corrected chi connectivity index (χ0v) is 8.74. The summed E-state index contributed by atoms with van der Waals surface area (Å²) >= 11 is 0. The van der Waals surface area contributed by atoms with E-state index in [1.54, 1.807) is 0 Å². The van der Waals surface area contributed by atoms with Crippen LogP contribution in [0.25, 0.3) is 0 Å². The first-order valence-electron chi connectivity index (χ1n) is 4.70. The Morgan fingerprint density at radius 3 is 2.79 bits per heavy atom. The second kappa shape index (κ2) is 4.30. The van der Waals surface area contributed by atoms with Crippen LogP contribution in [0.3, 0.4) is 0 Å². The highest BCUT2D eigenvalue weighted by Crippen LogP contribution is 2.14. The van der Waals surface area contributed by atoms with Crippen molar-refractivity contribution in [1.82, 2.24) is 10.2 Å². The zero-order chi connectivity index (χ0) is 10.7. The van der Waals surface area contributed by atoms with Gasteiger partial charge in [-0.1, -0.05) is 13.8 Å². The molecule has 5 heteroatoms. The number of ether oxygens (including phenoxy) is 1. The van der Waals surface area contributed by atoms with Crippen molar-refractivity contribution in [2.75, 3.05) is 20.2 Å². The summed E-state index contributed by atoms with van der Waals surface area (Å²) in [5.74, 6) is -0.00829. The average molecular weight is 200 g/mol. The molecule has 1 heterocycles. The van der Waals surface area contributed by atoms with Crippen molar-refractivity contribution in [1.29, 1.82) is 0 Å². The lowest BCUT2D eigenvalue weighted by atomic mass is 10.0. The molecule has 0 radical (unpaired) electrons. The topological polar surface area (TPSA) is 58.6 Å². The first-order valence-corrected chi connectivity index (χ1v) is 4.70. The van der Waals surface area contributed by atoms with Crippen molar-refractivity contribution in [3.05, 3.63) is 0 Å². The third-order valence-electron chi connectivity index (χ3n) is 2.30. The monoisotopic (exact) mass is 200 g/mol. The zero-order valence-electron chi connectivity index (χ0n) is 8.74. The minimum absolute atomic E-state index is 0.0920. The third-order valence-corrected chi connectivity index (χ3v) is 2.30. The Labute approximate surface area is 83.4 Å². The Morgan fingerprint density at radius 1 is 1.64 bits per heavy atom. The SMILES string of the molecule is COC(=O)N1CCNC(=O)C1C(C)C. The number of hydrogen-bond donors (Lipinski definition) is 1. The van der Waals surface area contributed by atoms with Crippen molar-refractivity contribution < 1.29 is 14.3 Å². The molecule has 1 fully saturated rings. The van der Waals surface area contributed by atoms with Crippen LogP contribution in [0.15, 0.2) is 0 Å². The van der Waals surface area contributed by atoms with Crippen LogP contribution < -0.4 is 5.32 Å². The highest BCUT2D eigenvalue weighted by Gasteiger charge is 2.35. The van der Waals surface area contributed by atoms with Gasteiger partial charge in [0.05, 0.1) is 7.11 Å². The molecule has 14 heavy (non-hydrogen) atoms. The molecule has 1 unspecified atom stereocenters. The third kappa shape index (κ3) is 1.97. The highest BCUT2D eigenvalue weighted by molar-refractivity contribution is 5.87. The maximum Gasteiger partial charge on any atom is 0.410 e. The Kier molecular flexibility index (Phi) is 3.33. The number of amides is 2. The minimum atomic E-state index is -0.432. The summed E-state index contributed by atoms with van der Waals surface area (Å²) in [6, 6.07) is -0.406. The molecule has 0 aromatic rings. The van der Waals surface area contributed by atoms with Crippen LogP contribution in [-0.4, -0.2) is 43.1 Å². The summed E-state index contributed by atoms with van der Waals surface area (Å²) in [4.78, 5) is 24.3. The van der Waals surface area contributed by atoms with Crippen molar-refractivity contribution in [3.63, 3.8) is 0 Å². The highest BCUT2D eigenvalue weighted by atomic mass is 16.5. The number of methoxy groups -OCH3 is 1. The molecule has 0 spiro atoms. The lowest BCUT2D eigenvalue weighted by molar-refractivity contribution is -0.129. The molecule has 0 bridgehead atoms. The average Bonchev–Trinajstić information content (AvgIpc) is 2.15. The van der Waals surface area contributed by atoms with Gasteiger partial charge in [-0.25, -0.2) is 4.79 Å². The number of carbonyl (C=O) groups excluding carboxylic acids is 2. The van der Waals surface area contributed by atoms with Gasteiger partial charge in [-0.05, 0) is 5.92 Å². The van der Waals surface area contributed by atoms with Crippen LogP contribution in [0.5, 0.6) is 0 Å². The van der Waals surface area contributed by atoms with Gasteiger partial charge < -0.3 is 10.1 Å². The van der Waals surface area contributed by atoms with Gasteiger partial charge in [0.1, 0.15) is 6.04 Å². The molecule has 1 rings (SSSR count). The van der Waals surface area contributed by atoms with E-state index in [9.17, 15) is 9.59 Å². The first kappa shape index (κ1) is 10.8. The number of carbonyl (C=O) groups is 2. The predicted octanol–water partition coefficient (Wildman–Crippen LogP) is 0.209. The van der Waals surface area contributed by atoms with Gasteiger partial charge in [-0.15, -0.1) is 0 Å². The second-order valence-corrected chi connectivity index (χ2v) is 3.64. The van der Waals surface area contributed by atoms with E-state index in [0.29, 0.717) is 13.1 Å². The molecular formula is C9H16N2O3. The largest absolute Gasteiger partial charge is 0.453 e. The van der Waals surface area contributed by atoms with Crippen molar-refractivity contribution >= 4 is 12.0 Å². The molecule has 1 atom stereocenters. The molecule has 1 saturated heterocycles. The summed E-state index contributed by atoms with van der Waals surface area (Å²) in [6.07, 6.45) is -0.432. The fourth-order valence-electron chi connectivity index (χ4n) is 1.67. The van der Waals surface area contributed by atoms with E-state index in [-0.39, 0.29) is 11.8 Å². The van der Waals surface area contributed by atoms with Crippen molar-refractivity contribution in [2.45, 2.75) is 19.9 Å². The number of nitrogens with zero attached hydrogens (tertiary/aromatic N) is 1. The van der Waals surface area contributed by atoms with Crippen LogP contribution >= 0.6 is 0 Å². The van der Waals surface area contributed by atoms with E-state index < -0.39 is 12.1 Å². The van der Waals surface area contributed by atoms with Crippen LogP contribution in [0.4, 0.5) is 4.79 Å². The molecule has 1 aliphatic heterocycles. The summed E-state index contributed by atoms with van der Waals surface area (Å²) < 4.78 is 4.63. The Bertz CT molecular complexity index is 240.